The molecule has 0 bridgehead atoms. The SMILES string of the molecule is COc1ccc(Nc2ccccc2[N+](=O)[O-])c([N+](=O)[O-])c1. The zero-order valence-electron chi connectivity index (χ0n) is 11.0. The number of rotatable bonds is 5. The molecule has 0 radical (unpaired) electrons. The van der Waals surface area contributed by atoms with E-state index in [1.165, 1.54) is 43.5 Å². The zero-order valence-corrected chi connectivity index (χ0v) is 11.0. The number of methoxy groups -OCH3 is 1. The van der Waals surface area contributed by atoms with Crippen LogP contribution in [0.4, 0.5) is 22.7 Å². The predicted molar refractivity (Wildman–Crippen MR) is 76.0 cm³/mol. The Kier molecular flexibility index (Phi) is 3.98. The average molecular weight is 289 g/mol. The second-order valence-corrected chi connectivity index (χ2v) is 4.04. The third-order valence-electron chi connectivity index (χ3n) is 2.77. The van der Waals surface area contributed by atoms with Crippen LogP contribution in [0.2, 0.25) is 0 Å². The van der Waals surface area contributed by atoms with Crippen molar-refractivity contribution in [3.05, 3.63) is 62.7 Å². The Morgan fingerprint density at radius 1 is 0.952 bits per heavy atom. The van der Waals surface area contributed by atoms with Gasteiger partial charge in [-0.05, 0) is 18.2 Å². The van der Waals surface area contributed by atoms with Crippen LogP contribution in [0, 0.1) is 20.2 Å². The van der Waals surface area contributed by atoms with Crippen LogP contribution in [0.15, 0.2) is 42.5 Å². The maximum Gasteiger partial charge on any atom is 0.296 e. The van der Waals surface area contributed by atoms with Gasteiger partial charge in [0.05, 0.1) is 23.0 Å². The van der Waals surface area contributed by atoms with Crippen molar-refractivity contribution < 1.29 is 14.6 Å². The maximum atomic E-state index is 11.1. The molecule has 0 aromatic heterocycles. The summed E-state index contributed by atoms with van der Waals surface area (Å²) in [7, 11) is 1.40. The minimum atomic E-state index is -0.584. The van der Waals surface area contributed by atoms with E-state index in [0.717, 1.165) is 0 Å². The zero-order chi connectivity index (χ0) is 15.4. The summed E-state index contributed by atoms with van der Waals surface area (Å²) in [6.45, 7) is 0. The van der Waals surface area contributed by atoms with Crippen LogP contribution < -0.4 is 10.1 Å². The smallest absolute Gasteiger partial charge is 0.296 e. The molecule has 8 heteroatoms. The van der Waals surface area contributed by atoms with Crippen LogP contribution in [0.3, 0.4) is 0 Å². The van der Waals surface area contributed by atoms with Crippen molar-refractivity contribution in [1.29, 1.82) is 0 Å². The van der Waals surface area contributed by atoms with Crippen molar-refractivity contribution >= 4 is 22.7 Å². The van der Waals surface area contributed by atoms with Gasteiger partial charge in [-0.15, -0.1) is 0 Å². The molecule has 0 saturated carbocycles. The highest BCUT2D eigenvalue weighted by atomic mass is 16.6. The molecule has 0 amide bonds. The Bertz CT molecular complexity index is 702. The van der Waals surface area contributed by atoms with E-state index < -0.39 is 9.85 Å². The Hall–Kier alpha value is -3.16. The van der Waals surface area contributed by atoms with Gasteiger partial charge in [0.15, 0.2) is 0 Å². The number of nitro groups is 2. The summed E-state index contributed by atoms with van der Waals surface area (Å²) in [5.74, 6) is 0.329. The molecule has 0 aliphatic carbocycles. The van der Waals surface area contributed by atoms with E-state index >= 15 is 0 Å². The Balaban J connectivity index is 2.45. The van der Waals surface area contributed by atoms with Crippen molar-refractivity contribution in [1.82, 2.24) is 0 Å². The van der Waals surface area contributed by atoms with E-state index in [0.29, 0.717) is 5.75 Å². The number of nitro benzene ring substituents is 2. The lowest BCUT2D eigenvalue weighted by atomic mass is 10.2. The molecule has 0 spiro atoms. The first-order valence-electron chi connectivity index (χ1n) is 5.86. The molecule has 0 aliphatic rings. The van der Waals surface area contributed by atoms with Crippen molar-refractivity contribution in [3.63, 3.8) is 0 Å². The Morgan fingerprint density at radius 2 is 1.57 bits per heavy atom. The molecule has 108 valence electrons. The first kappa shape index (κ1) is 14.3. The molecule has 0 heterocycles. The number of hydrogen-bond acceptors (Lipinski definition) is 6. The number of nitrogens with one attached hydrogen (secondary N) is 1. The van der Waals surface area contributed by atoms with Crippen LogP contribution in [0.1, 0.15) is 0 Å². The quantitative estimate of drug-likeness (QED) is 0.668. The molecule has 21 heavy (non-hydrogen) atoms. The van der Waals surface area contributed by atoms with Gasteiger partial charge in [0.25, 0.3) is 11.4 Å². The van der Waals surface area contributed by atoms with E-state index in [4.69, 9.17) is 4.74 Å². The number of para-hydroxylation sites is 2. The largest absolute Gasteiger partial charge is 0.496 e. The van der Waals surface area contributed by atoms with E-state index in [1.807, 2.05) is 0 Å². The molecule has 1 N–H and O–H groups in total. The molecule has 8 nitrogen and oxygen atoms in total. The second-order valence-electron chi connectivity index (χ2n) is 4.04. The van der Waals surface area contributed by atoms with Crippen molar-refractivity contribution in [3.8, 4) is 5.75 Å². The van der Waals surface area contributed by atoms with Gasteiger partial charge >= 0.3 is 0 Å². The summed E-state index contributed by atoms with van der Waals surface area (Å²) < 4.78 is 4.93. The Morgan fingerprint density at radius 3 is 2.19 bits per heavy atom. The third kappa shape index (κ3) is 3.06. The number of benzene rings is 2. The fourth-order valence-electron chi connectivity index (χ4n) is 1.78. The summed E-state index contributed by atoms with van der Waals surface area (Å²) in [6.07, 6.45) is 0. The molecule has 0 fully saturated rings. The molecule has 0 saturated heterocycles. The van der Waals surface area contributed by atoms with Gasteiger partial charge in [-0.2, -0.15) is 0 Å². The number of nitrogens with zero attached hydrogens (tertiary/aromatic N) is 2. The summed E-state index contributed by atoms with van der Waals surface area (Å²) in [5.41, 5.74) is -0.0685. The van der Waals surface area contributed by atoms with Gasteiger partial charge in [0, 0.05) is 6.07 Å². The molecule has 2 aromatic rings. The molecule has 0 unspecified atom stereocenters. The minimum Gasteiger partial charge on any atom is -0.496 e. The molecule has 2 aromatic carbocycles. The van der Waals surface area contributed by atoms with Crippen molar-refractivity contribution in [2.45, 2.75) is 0 Å². The van der Waals surface area contributed by atoms with Crippen molar-refractivity contribution in [2.24, 2.45) is 0 Å². The number of anilines is 2. The van der Waals surface area contributed by atoms with E-state index in [-0.39, 0.29) is 22.7 Å². The lowest BCUT2D eigenvalue weighted by Crippen LogP contribution is -2.00. The number of hydrogen-bond donors (Lipinski definition) is 1. The van der Waals surface area contributed by atoms with Crippen LogP contribution in [-0.4, -0.2) is 17.0 Å². The lowest BCUT2D eigenvalue weighted by Gasteiger charge is -2.08. The highest BCUT2D eigenvalue weighted by Gasteiger charge is 2.19. The first-order chi connectivity index (χ1) is 10.0. The van der Waals surface area contributed by atoms with E-state index in [9.17, 15) is 20.2 Å². The summed E-state index contributed by atoms with van der Waals surface area (Å²) in [5, 5.41) is 24.7. The van der Waals surface area contributed by atoms with Gasteiger partial charge in [0.2, 0.25) is 0 Å². The first-order valence-corrected chi connectivity index (χ1v) is 5.86. The fraction of sp³-hybridized carbons (Fsp3) is 0.0769. The number of ether oxygens (including phenoxy) is 1. The average Bonchev–Trinajstić information content (AvgIpc) is 2.47. The lowest BCUT2D eigenvalue weighted by molar-refractivity contribution is -0.384. The van der Waals surface area contributed by atoms with Crippen LogP contribution >= 0.6 is 0 Å². The molecule has 2 rings (SSSR count). The normalized spacial score (nSPS) is 9.95. The van der Waals surface area contributed by atoms with E-state index in [1.54, 1.807) is 6.07 Å². The molecular formula is C13H11N3O5. The van der Waals surface area contributed by atoms with Gasteiger partial charge in [-0.25, -0.2) is 0 Å². The topological polar surface area (TPSA) is 108 Å². The molecule has 0 atom stereocenters. The monoisotopic (exact) mass is 289 g/mol. The van der Waals surface area contributed by atoms with Gasteiger partial charge < -0.3 is 10.1 Å². The second kappa shape index (κ2) is 5.87. The minimum absolute atomic E-state index is 0.148. The predicted octanol–water partition coefficient (Wildman–Crippen LogP) is 3.26. The van der Waals surface area contributed by atoms with Gasteiger partial charge in [-0.1, -0.05) is 12.1 Å². The van der Waals surface area contributed by atoms with Gasteiger partial charge in [-0.3, -0.25) is 20.2 Å². The summed E-state index contributed by atoms with van der Waals surface area (Å²) in [4.78, 5) is 20.9. The Labute approximate surface area is 119 Å². The highest BCUT2D eigenvalue weighted by molar-refractivity contribution is 5.75. The van der Waals surface area contributed by atoms with Crippen LogP contribution in [0.5, 0.6) is 5.75 Å². The fourth-order valence-corrected chi connectivity index (χ4v) is 1.78. The molecular weight excluding hydrogens is 278 g/mol. The third-order valence-corrected chi connectivity index (χ3v) is 2.77. The van der Waals surface area contributed by atoms with Crippen LogP contribution in [-0.2, 0) is 0 Å². The standard InChI is InChI=1S/C13H11N3O5/c1-21-9-6-7-11(13(8-9)16(19)20)14-10-4-2-3-5-12(10)15(17)18/h2-8,14H,1H3. The van der Waals surface area contributed by atoms with E-state index in [2.05, 4.69) is 5.32 Å². The highest BCUT2D eigenvalue weighted by Crippen LogP contribution is 2.34. The maximum absolute atomic E-state index is 11.1. The summed E-state index contributed by atoms with van der Waals surface area (Å²) in [6, 6.07) is 10.1. The van der Waals surface area contributed by atoms with Gasteiger partial charge in [0.1, 0.15) is 17.1 Å². The van der Waals surface area contributed by atoms with Crippen molar-refractivity contribution in [2.75, 3.05) is 12.4 Å². The van der Waals surface area contributed by atoms with Crippen LogP contribution in [0.25, 0.3) is 0 Å². The summed E-state index contributed by atoms with van der Waals surface area (Å²) >= 11 is 0. The molecule has 0 aliphatic heterocycles.